The van der Waals surface area contributed by atoms with E-state index in [1.165, 1.54) is 0 Å². The van der Waals surface area contributed by atoms with Crippen LogP contribution in [0.3, 0.4) is 0 Å². The molecule has 1 aliphatic heterocycles. The number of nitrogens with zero attached hydrogens (tertiary/aromatic N) is 1. The summed E-state index contributed by atoms with van der Waals surface area (Å²) in [6.45, 7) is 6.44. The Kier molecular flexibility index (Phi) is 7.54. The highest BCUT2D eigenvalue weighted by Gasteiger charge is 2.16. The van der Waals surface area contributed by atoms with Crippen molar-refractivity contribution in [3.63, 3.8) is 0 Å². The summed E-state index contributed by atoms with van der Waals surface area (Å²) in [6, 6.07) is 12.0. The van der Waals surface area contributed by atoms with Crippen LogP contribution in [-0.4, -0.2) is 60.0 Å². The minimum atomic E-state index is -0.00949. The molecule has 0 saturated carbocycles. The summed E-state index contributed by atoms with van der Waals surface area (Å²) in [6.07, 6.45) is 0. The molecule has 0 aliphatic carbocycles. The average Bonchev–Trinajstić information content (AvgIpc) is 2.75. The standard InChI is InChI=1S/C23H31N3O4/c1-17-13-21(28-3)22(29-4)14-18(17)15-25(2)16-23(27)24-19-5-7-20(8-6-19)26-9-11-30-12-10-26/h5-8,13-14H,9-12,15-16H2,1-4H3,(H,24,27)/p+1. The van der Waals surface area contributed by atoms with E-state index in [0.717, 1.165) is 66.0 Å². The number of carbonyl (C=O) groups excluding carboxylic acids is 1. The second-order valence-electron chi connectivity index (χ2n) is 7.64. The van der Waals surface area contributed by atoms with Crippen molar-refractivity contribution in [3.8, 4) is 11.5 Å². The number of amides is 1. The van der Waals surface area contributed by atoms with Gasteiger partial charge in [0.2, 0.25) is 0 Å². The van der Waals surface area contributed by atoms with E-state index >= 15 is 0 Å². The van der Waals surface area contributed by atoms with Gasteiger partial charge in [-0.1, -0.05) is 0 Å². The highest BCUT2D eigenvalue weighted by atomic mass is 16.5. The molecule has 0 spiro atoms. The molecule has 0 radical (unpaired) electrons. The Balaban J connectivity index is 1.54. The van der Waals surface area contributed by atoms with Gasteiger partial charge in [0, 0.05) is 30.0 Å². The number of benzene rings is 2. The molecule has 2 aromatic carbocycles. The second-order valence-corrected chi connectivity index (χ2v) is 7.64. The molecule has 2 aromatic rings. The van der Waals surface area contributed by atoms with E-state index in [9.17, 15) is 4.79 Å². The van der Waals surface area contributed by atoms with Crippen LogP contribution in [0.25, 0.3) is 0 Å². The molecule has 1 atom stereocenters. The normalized spacial score (nSPS) is 14.9. The number of aryl methyl sites for hydroxylation is 1. The first kappa shape index (κ1) is 21.9. The number of morpholine rings is 1. The van der Waals surface area contributed by atoms with Crippen LogP contribution in [0.15, 0.2) is 36.4 Å². The molecule has 0 bridgehead atoms. The third-order valence-electron chi connectivity index (χ3n) is 5.32. The molecular formula is C23H32N3O4+. The van der Waals surface area contributed by atoms with Crippen molar-refractivity contribution in [1.29, 1.82) is 0 Å². The Labute approximate surface area is 178 Å². The van der Waals surface area contributed by atoms with Gasteiger partial charge in [0.15, 0.2) is 18.0 Å². The van der Waals surface area contributed by atoms with Crippen LogP contribution >= 0.6 is 0 Å². The van der Waals surface area contributed by atoms with Crippen molar-refractivity contribution < 1.29 is 23.9 Å². The summed E-state index contributed by atoms with van der Waals surface area (Å²) in [5.74, 6) is 1.41. The fraction of sp³-hybridized carbons (Fsp3) is 0.435. The molecule has 1 saturated heterocycles. The number of likely N-dealkylation sites (N-methyl/N-ethyl adjacent to an activating group) is 1. The van der Waals surface area contributed by atoms with Crippen LogP contribution in [0.4, 0.5) is 11.4 Å². The van der Waals surface area contributed by atoms with Gasteiger partial charge in [-0.3, -0.25) is 4.79 Å². The smallest absolute Gasteiger partial charge is 0.279 e. The number of nitrogens with one attached hydrogen (secondary N) is 2. The van der Waals surface area contributed by atoms with E-state index in [1.807, 2.05) is 50.4 Å². The Hall–Kier alpha value is -2.77. The molecule has 7 nitrogen and oxygen atoms in total. The first-order valence-electron chi connectivity index (χ1n) is 10.3. The Morgan fingerprint density at radius 1 is 1.10 bits per heavy atom. The monoisotopic (exact) mass is 414 g/mol. The van der Waals surface area contributed by atoms with Crippen LogP contribution in [0.1, 0.15) is 11.1 Å². The van der Waals surface area contributed by atoms with Gasteiger partial charge >= 0.3 is 0 Å². The zero-order valence-electron chi connectivity index (χ0n) is 18.3. The molecule has 1 fully saturated rings. The fourth-order valence-corrected chi connectivity index (χ4v) is 3.66. The summed E-state index contributed by atoms with van der Waals surface area (Å²) in [5, 5.41) is 3.00. The summed E-state index contributed by atoms with van der Waals surface area (Å²) in [4.78, 5) is 15.9. The minimum absolute atomic E-state index is 0.00949. The molecule has 30 heavy (non-hydrogen) atoms. The minimum Gasteiger partial charge on any atom is -0.493 e. The quantitative estimate of drug-likeness (QED) is 0.686. The number of quaternary nitrogens is 1. The Morgan fingerprint density at radius 3 is 2.37 bits per heavy atom. The number of rotatable bonds is 8. The van der Waals surface area contributed by atoms with Crippen molar-refractivity contribution in [1.82, 2.24) is 0 Å². The summed E-state index contributed by atoms with van der Waals surface area (Å²) in [7, 11) is 5.27. The van der Waals surface area contributed by atoms with Crippen molar-refractivity contribution in [3.05, 3.63) is 47.5 Å². The van der Waals surface area contributed by atoms with Gasteiger partial charge in [0.05, 0.1) is 34.5 Å². The summed E-state index contributed by atoms with van der Waals surface area (Å²) in [5.41, 5.74) is 4.22. The number of hydrogen-bond acceptors (Lipinski definition) is 5. The van der Waals surface area contributed by atoms with Crippen molar-refractivity contribution in [2.75, 3.05) is 64.3 Å². The van der Waals surface area contributed by atoms with Crippen molar-refractivity contribution >= 4 is 17.3 Å². The largest absolute Gasteiger partial charge is 0.493 e. The maximum atomic E-state index is 12.5. The van der Waals surface area contributed by atoms with Crippen LogP contribution in [0.5, 0.6) is 11.5 Å². The maximum absolute atomic E-state index is 12.5. The second kappa shape index (κ2) is 10.3. The molecule has 1 unspecified atom stereocenters. The molecule has 162 valence electrons. The molecule has 1 aliphatic rings. The van der Waals surface area contributed by atoms with Gasteiger partial charge in [0.1, 0.15) is 6.54 Å². The SMILES string of the molecule is COc1cc(C)c(C[NH+](C)CC(=O)Nc2ccc(N3CCOCC3)cc2)cc1OC. The zero-order chi connectivity index (χ0) is 21.5. The Morgan fingerprint density at radius 2 is 1.73 bits per heavy atom. The highest BCUT2D eigenvalue weighted by molar-refractivity contribution is 5.91. The van der Waals surface area contributed by atoms with Gasteiger partial charge in [-0.15, -0.1) is 0 Å². The van der Waals surface area contributed by atoms with Gasteiger partial charge in [0.25, 0.3) is 5.91 Å². The molecule has 0 aromatic heterocycles. The van der Waals surface area contributed by atoms with Crippen LogP contribution in [-0.2, 0) is 16.1 Å². The lowest BCUT2D eigenvalue weighted by atomic mass is 10.1. The lowest BCUT2D eigenvalue weighted by Crippen LogP contribution is -3.08. The van der Waals surface area contributed by atoms with Crippen molar-refractivity contribution in [2.45, 2.75) is 13.5 Å². The third kappa shape index (κ3) is 5.64. The van der Waals surface area contributed by atoms with Gasteiger partial charge in [-0.05, 0) is 48.9 Å². The number of hydrogen-bond donors (Lipinski definition) is 2. The average molecular weight is 415 g/mol. The number of carbonyl (C=O) groups is 1. The number of methoxy groups -OCH3 is 2. The van der Waals surface area contributed by atoms with E-state index in [4.69, 9.17) is 14.2 Å². The fourth-order valence-electron chi connectivity index (χ4n) is 3.66. The van der Waals surface area contributed by atoms with Gasteiger partial charge < -0.3 is 29.3 Å². The van der Waals surface area contributed by atoms with Gasteiger partial charge in [-0.2, -0.15) is 0 Å². The lowest BCUT2D eigenvalue weighted by molar-refractivity contribution is -0.885. The van der Waals surface area contributed by atoms with E-state index in [2.05, 4.69) is 10.2 Å². The Bertz CT molecular complexity index is 848. The lowest BCUT2D eigenvalue weighted by Gasteiger charge is -2.28. The molecular weight excluding hydrogens is 382 g/mol. The van der Waals surface area contributed by atoms with E-state index in [1.54, 1.807) is 14.2 Å². The topological polar surface area (TPSA) is 64.5 Å². The summed E-state index contributed by atoms with van der Waals surface area (Å²) >= 11 is 0. The molecule has 7 heteroatoms. The van der Waals surface area contributed by atoms with Crippen molar-refractivity contribution in [2.24, 2.45) is 0 Å². The highest BCUT2D eigenvalue weighted by Crippen LogP contribution is 2.29. The van der Waals surface area contributed by atoms with Gasteiger partial charge in [-0.25, -0.2) is 0 Å². The van der Waals surface area contributed by atoms with Crippen LogP contribution in [0.2, 0.25) is 0 Å². The summed E-state index contributed by atoms with van der Waals surface area (Å²) < 4.78 is 16.1. The number of ether oxygens (including phenoxy) is 3. The van der Waals surface area contributed by atoms with Crippen LogP contribution in [0, 0.1) is 6.92 Å². The first-order valence-corrected chi connectivity index (χ1v) is 10.3. The van der Waals surface area contributed by atoms with E-state index < -0.39 is 0 Å². The molecule has 3 rings (SSSR count). The van der Waals surface area contributed by atoms with Crippen LogP contribution < -0.4 is 24.6 Å². The maximum Gasteiger partial charge on any atom is 0.279 e. The predicted octanol–water partition coefficient (Wildman–Crippen LogP) is 1.50. The number of anilines is 2. The van der Waals surface area contributed by atoms with E-state index in [-0.39, 0.29) is 5.91 Å². The molecule has 2 N–H and O–H groups in total. The zero-order valence-corrected chi connectivity index (χ0v) is 18.3. The predicted molar refractivity (Wildman–Crippen MR) is 118 cm³/mol. The molecule has 1 amide bonds. The first-order chi connectivity index (χ1) is 14.5. The molecule has 1 heterocycles. The van der Waals surface area contributed by atoms with E-state index in [0.29, 0.717) is 12.3 Å². The third-order valence-corrected chi connectivity index (χ3v) is 5.32.